The Morgan fingerprint density at radius 2 is 0.912 bits per heavy atom. The Labute approximate surface area is 336 Å². The maximum atomic E-state index is 12.9. The van der Waals surface area contributed by atoms with Crippen molar-refractivity contribution in [3.63, 3.8) is 0 Å². The summed E-state index contributed by atoms with van der Waals surface area (Å²) in [6, 6.07) is 10.3. The third kappa shape index (κ3) is 9.55. The predicted molar refractivity (Wildman–Crippen MR) is 217 cm³/mol. The van der Waals surface area contributed by atoms with Gasteiger partial charge in [-0.05, 0) is 174 Å². The number of hydrogen-bond donors (Lipinski definition) is 2. The zero-order chi connectivity index (χ0) is 39.6. The van der Waals surface area contributed by atoms with Crippen LogP contribution in [0, 0.1) is 35.5 Å². The fourth-order valence-corrected chi connectivity index (χ4v) is 12.1. The molecule has 8 fully saturated rings. The molecule has 2 aromatic rings. The van der Waals surface area contributed by atoms with Crippen molar-refractivity contribution < 1.29 is 38.1 Å². The van der Waals surface area contributed by atoms with Gasteiger partial charge in [0.25, 0.3) is 0 Å². The van der Waals surface area contributed by atoms with E-state index in [4.69, 9.17) is 18.9 Å². The highest BCUT2D eigenvalue weighted by Crippen LogP contribution is 2.56. The predicted octanol–water partition coefficient (Wildman–Crippen LogP) is 7.67. The van der Waals surface area contributed by atoms with E-state index >= 15 is 0 Å². The van der Waals surface area contributed by atoms with E-state index < -0.39 is 0 Å². The van der Waals surface area contributed by atoms with Crippen molar-refractivity contribution in [2.24, 2.45) is 35.5 Å². The van der Waals surface area contributed by atoms with E-state index in [1.54, 1.807) is 48.6 Å². The van der Waals surface area contributed by atoms with Crippen LogP contribution in [0.2, 0.25) is 0 Å². The van der Waals surface area contributed by atoms with Gasteiger partial charge in [-0.2, -0.15) is 0 Å². The fourth-order valence-electron chi connectivity index (χ4n) is 12.1. The SMILES string of the molecule is CCOc1cc(/C=C/C(=O)CC(=O)/C=C/c2ccc(OC(=O)CNC34CC5CC(CC(C5)C3)C4)c(OCC)c2)ccc1OC(=O)CNC12CC3CC(CC(C3)C1)C2. The van der Waals surface area contributed by atoms with E-state index in [1.807, 2.05) is 13.8 Å². The van der Waals surface area contributed by atoms with Crippen LogP contribution in [0.1, 0.15) is 108 Å². The van der Waals surface area contributed by atoms with Crippen molar-refractivity contribution in [1.82, 2.24) is 10.6 Å². The van der Waals surface area contributed by atoms with Crippen molar-refractivity contribution in [2.75, 3.05) is 26.3 Å². The van der Waals surface area contributed by atoms with Crippen molar-refractivity contribution >= 4 is 35.7 Å². The average Bonchev–Trinajstić information content (AvgIpc) is 3.16. The number of nitrogens with one attached hydrogen (secondary N) is 2. The molecular weight excluding hydrogens is 721 g/mol. The lowest BCUT2D eigenvalue weighted by molar-refractivity contribution is -0.135. The first kappa shape index (κ1) is 39.5. The first-order valence-electron chi connectivity index (χ1n) is 21.4. The maximum Gasteiger partial charge on any atom is 0.325 e. The molecule has 8 aliphatic rings. The Kier molecular flexibility index (Phi) is 11.7. The topological polar surface area (TPSA) is 129 Å². The van der Waals surface area contributed by atoms with Gasteiger partial charge in [0.15, 0.2) is 34.6 Å². The molecule has 304 valence electrons. The van der Waals surface area contributed by atoms with Gasteiger partial charge >= 0.3 is 11.9 Å². The number of rotatable bonds is 18. The minimum Gasteiger partial charge on any atom is -0.490 e. The number of carbonyl (C=O) groups is 4. The molecule has 57 heavy (non-hydrogen) atoms. The van der Waals surface area contributed by atoms with Gasteiger partial charge in [-0.1, -0.05) is 24.3 Å². The van der Waals surface area contributed by atoms with Crippen LogP contribution in [0.4, 0.5) is 0 Å². The molecule has 8 saturated carbocycles. The molecule has 2 aromatic carbocycles. The monoisotopic (exact) mass is 778 g/mol. The molecule has 0 aromatic heterocycles. The van der Waals surface area contributed by atoms with Crippen molar-refractivity contribution in [2.45, 2.75) is 108 Å². The number of benzene rings is 2. The Balaban J connectivity index is 0.807. The van der Waals surface area contributed by atoms with Crippen LogP contribution in [-0.4, -0.2) is 60.9 Å². The average molecular weight is 779 g/mol. The summed E-state index contributed by atoms with van der Waals surface area (Å²) in [4.78, 5) is 51.4. The van der Waals surface area contributed by atoms with Crippen LogP contribution in [0.25, 0.3) is 12.2 Å². The van der Waals surface area contributed by atoms with E-state index in [9.17, 15) is 19.2 Å². The summed E-state index contributed by atoms with van der Waals surface area (Å²) < 4.78 is 23.1. The molecule has 8 bridgehead atoms. The summed E-state index contributed by atoms with van der Waals surface area (Å²) in [5.74, 6) is 4.80. The van der Waals surface area contributed by atoms with E-state index in [-0.39, 0.29) is 54.1 Å². The highest BCUT2D eigenvalue weighted by Gasteiger charge is 2.52. The third-order valence-electron chi connectivity index (χ3n) is 13.5. The first-order chi connectivity index (χ1) is 27.5. The second kappa shape index (κ2) is 16.9. The second-order valence-corrected chi connectivity index (χ2v) is 18.1. The number of hydrogen-bond acceptors (Lipinski definition) is 10. The van der Waals surface area contributed by atoms with Gasteiger partial charge in [0.05, 0.1) is 32.7 Å². The van der Waals surface area contributed by atoms with Gasteiger partial charge in [-0.15, -0.1) is 0 Å². The number of ketones is 2. The molecule has 0 saturated heterocycles. The molecule has 0 aliphatic heterocycles. The quantitative estimate of drug-likeness (QED) is 0.0674. The minimum absolute atomic E-state index is 0.0658. The molecule has 2 N–H and O–H groups in total. The third-order valence-corrected chi connectivity index (χ3v) is 13.5. The van der Waals surface area contributed by atoms with Crippen LogP contribution in [-0.2, 0) is 19.2 Å². The molecule has 0 spiro atoms. The Morgan fingerprint density at radius 3 is 1.25 bits per heavy atom. The molecule has 0 unspecified atom stereocenters. The molecule has 8 aliphatic carbocycles. The van der Waals surface area contributed by atoms with E-state index in [0.717, 1.165) is 74.0 Å². The van der Waals surface area contributed by atoms with Gasteiger partial charge in [0, 0.05) is 11.1 Å². The zero-order valence-corrected chi connectivity index (χ0v) is 33.5. The van der Waals surface area contributed by atoms with Crippen LogP contribution in [0.15, 0.2) is 48.6 Å². The Bertz CT molecular complexity index is 1710. The largest absolute Gasteiger partial charge is 0.490 e. The van der Waals surface area contributed by atoms with Gasteiger partial charge in [-0.25, -0.2) is 0 Å². The van der Waals surface area contributed by atoms with Crippen molar-refractivity contribution in [3.05, 3.63) is 59.7 Å². The number of allylic oxidation sites excluding steroid dienone is 2. The smallest absolute Gasteiger partial charge is 0.325 e. The van der Waals surface area contributed by atoms with Crippen LogP contribution >= 0.6 is 0 Å². The van der Waals surface area contributed by atoms with Crippen molar-refractivity contribution in [1.29, 1.82) is 0 Å². The summed E-state index contributed by atoms with van der Waals surface area (Å²) >= 11 is 0. The molecule has 0 radical (unpaired) electrons. The van der Waals surface area contributed by atoms with Gasteiger partial charge in [0.1, 0.15) is 0 Å². The second-order valence-electron chi connectivity index (χ2n) is 18.1. The number of esters is 2. The van der Waals surface area contributed by atoms with Gasteiger partial charge < -0.3 is 29.6 Å². The Hall–Kier alpha value is -4.28. The lowest BCUT2D eigenvalue weighted by Crippen LogP contribution is -2.59. The number of ether oxygens (including phenoxy) is 4. The fraction of sp³-hybridized carbons (Fsp3) is 0.574. The summed E-state index contributed by atoms with van der Waals surface area (Å²) in [7, 11) is 0. The van der Waals surface area contributed by atoms with E-state index in [2.05, 4.69) is 10.6 Å². The van der Waals surface area contributed by atoms with Crippen LogP contribution in [0.3, 0.4) is 0 Å². The van der Waals surface area contributed by atoms with Gasteiger partial charge in [0.2, 0.25) is 0 Å². The number of carbonyl (C=O) groups excluding carboxylic acids is 4. The highest BCUT2D eigenvalue weighted by molar-refractivity contribution is 6.10. The molecule has 0 amide bonds. The molecular formula is C47H58N2O8. The van der Waals surface area contributed by atoms with Crippen LogP contribution in [0.5, 0.6) is 23.0 Å². The molecule has 10 heteroatoms. The summed E-state index contributed by atoms with van der Waals surface area (Å²) in [5.41, 5.74) is 1.48. The van der Waals surface area contributed by atoms with Crippen LogP contribution < -0.4 is 29.6 Å². The zero-order valence-electron chi connectivity index (χ0n) is 33.5. The van der Waals surface area contributed by atoms with Crippen molar-refractivity contribution in [3.8, 4) is 23.0 Å². The molecule has 10 nitrogen and oxygen atoms in total. The van der Waals surface area contributed by atoms with E-state index in [1.165, 1.54) is 50.7 Å². The maximum absolute atomic E-state index is 12.9. The highest BCUT2D eigenvalue weighted by atomic mass is 16.6. The summed E-state index contributed by atoms with van der Waals surface area (Å²) in [6.45, 7) is 4.78. The lowest BCUT2D eigenvalue weighted by atomic mass is 9.53. The standard InChI is InChI=1S/C47H58N2O8/c1-3-54-42-19-30(7-11-40(42)56-44(52)28-48-46-22-32-13-33(23-46)15-34(14-32)24-46)5-9-38(50)21-39(51)10-6-31-8-12-41(43(20-31)55-4-2)57-45(53)29-49-47-25-35-16-36(26-47)18-37(17-35)27-47/h5-12,19-20,32-37,48-49H,3-4,13-18,21-29H2,1-2H3/b9-5+,10-6+. The summed E-state index contributed by atoms with van der Waals surface area (Å²) in [5, 5.41) is 7.18. The molecule has 0 heterocycles. The van der Waals surface area contributed by atoms with Gasteiger partial charge in [-0.3, -0.25) is 19.2 Å². The first-order valence-corrected chi connectivity index (χ1v) is 21.4. The normalized spacial score (nSPS) is 30.6. The minimum atomic E-state index is -0.353. The summed E-state index contributed by atoms with van der Waals surface area (Å²) in [6.07, 6.45) is 20.6. The Morgan fingerprint density at radius 1 is 0.561 bits per heavy atom. The lowest BCUT2D eigenvalue weighted by Gasteiger charge is -2.57. The molecule has 0 atom stereocenters. The molecule has 10 rings (SSSR count). The van der Waals surface area contributed by atoms with E-state index in [0.29, 0.717) is 47.3 Å².